The van der Waals surface area contributed by atoms with Crippen LogP contribution in [0.25, 0.3) is 0 Å². The zero-order chi connectivity index (χ0) is 14.8. The van der Waals surface area contributed by atoms with Gasteiger partial charge in [-0.15, -0.1) is 24.0 Å². The molecule has 22 heavy (non-hydrogen) atoms. The van der Waals surface area contributed by atoms with Crippen LogP contribution in [0.2, 0.25) is 0 Å². The number of benzene rings is 1. The summed E-state index contributed by atoms with van der Waals surface area (Å²) in [7, 11) is 0. The fourth-order valence-corrected chi connectivity index (χ4v) is 2.99. The van der Waals surface area contributed by atoms with Crippen molar-refractivity contribution in [2.45, 2.75) is 57.4 Å². The molecule has 0 aliphatic heterocycles. The molecule has 2 aliphatic rings. The van der Waals surface area contributed by atoms with Gasteiger partial charge in [-0.3, -0.25) is 4.99 Å². The van der Waals surface area contributed by atoms with Gasteiger partial charge in [0, 0.05) is 18.5 Å². The molecule has 2 aliphatic carbocycles. The van der Waals surface area contributed by atoms with Crippen molar-refractivity contribution in [1.82, 2.24) is 5.32 Å². The number of aliphatic imine (C=N–C) groups is 1. The van der Waals surface area contributed by atoms with Crippen LogP contribution >= 0.6 is 24.0 Å². The Morgan fingerprint density at radius 2 is 1.95 bits per heavy atom. The highest BCUT2D eigenvalue weighted by molar-refractivity contribution is 14.0. The first-order valence-electron chi connectivity index (χ1n) is 8.30. The number of hydrogen-bond acceptors (Lipinski definition) is 1. The van der Waals surface area contributed by atoms with Crippen LogP contribution in [0.4, 0.5) is 0 Å². The molecule has 1 aromatic carbocycles. The van der Waals surface area contributed by atoms with E-state index >= 15 is 0 Å². The van der Waals surface area contributed by atoms with E-state index in [1.807, 2.05) is 0 Å². The molecular formula is C18H28IN3. The van der Waals surface area contributed by atoms with Crippen LogP contribution in [-0.2, 0) is 0 Å². The van der Waals surface area contributed by atoms with E-state index in [1.54, 1.807) is 0 Å². The maximum Gasteiger partial charge on any atom is 0.188 e. The van der Waals surface area contributed by atoms with E-state index in [1.165, 1.54) is 36.8 Å². The average molecular weight is 413 g/mol. The minimum atomic E-state index is 0. The van der Waals surface area contributed by atoms with Crippen molar-refractivity contribution in [2.24, 2.45) is 16.6 Å². The van der Waals surface area contributed by atoms with Crippen LogP contribution in [0.15, 0.2) is 29.3 Å². The van der Waals surface area contributed by atoms with E-state index in [0.29, 0.717) is 23.8 Å². The predicted molar refractivity (Wildman–Crippen MR) is 104 cm³/mol. The minimum Gasteiger partial charge on any atom is -0.370 e. The lowest BCUT2D eigenvalue weighted by atomic mass is 9.86. The second-order valence-electron chi connectivity index (χ2n) is 6.94. The fraction of sp³-hybridized carbons (Fsp3) is 0.611. The van der Waals surface area contributed by atoms with Crippen LogP contribution in [0.3, 0.4) is 0 Å². The molecule has 3 nitrogen and oxygen atoms in total. The molecule has 0 aromatic heterocycles. The summed E-state index contributed by atoms with van der Waals surface area (Å²) in [6.45, 7) is 5.37. The molecule has 0 heterocycles. The van der Waals surface area contributed by atoms with E-state index in [9.17, 15) is 0 Å². The summed E-state index contributed by atoms with van der Waals surface area (Å²) < 4.78 is 0. The Bertz CT molecular complexity index is 506. The van der Waals surface area contributed by atoms with Gasteiger partial charge in [-0.1, -0.05) is 44.5 Å². The third-order valence-corrected chi connectivity index (χ3v) is 4.90. The summed E-state index contributed by atoms with van der Waals surface area (Å²) in [6, 6.07) is 9.51. The van der Waals surface area contributed by atoms with Gasteiger partial charge in [-0.25, -0.2) is 0 Å². The minimum absolute atomic E-state index is 0. The first-order chi connectivity index (χ1) is 10.1. The molecule has 3 N–H and O–H groups in total. The van der Waals surface area contributed by atoms with Gasteiger partial charge in [0.15, 0.2) is 5.96 Å². The Kier molecular flexibility index (Phi) is 6.12. The Hall–Kier alpha value is -0.780. The summed E-state index contributed by atoms with van der Waals surface area (Å²) >= 11 is 0. The Morgan fingerprint density at radius 3 is 2.50 bits per heavy atom. The van der Waals surface area contributed by atoms with Crippen molar-refractivity contribution >= 4 is 29.9 Å². The van der Waals surface area contributed by atoms with Crippen molar-refractivity contribution in [2.75, 3.05) is 6.54 Å². The lowest BCUT2D eigenvalue weighted by Gasteiger charge is -2.23. The second-order valence-corrected chi connectivity index (χ2v) is 6.94. The summed E-state index contributed by atoms with van der Waals surface area (Å²) in [5.74, 6) is 2.61. The molecule has 2 atom stereocenters. The summed E-state index contributed by atoms with van der Waals surface area (Å²) in [5, 5.41) is 3.37. The van der Waals surface area contributed by atoms with Crippen molar-refractivity contribution in [3.63, 3.8) is 0 Å². The van der Waals surface area contributed by atoms with E-state index < -0.39 is 0 Å². The summed E-state index contributed by atoms with van der Waals surface area (Å²) in [6.07, 6.45) is 5.18. The normalized spacial score (nSPS) is 24.6. The predicted octanol–water partition coefficient (Wildman–Crippen LogP) is 3.99. The molecule has 0 spiro atoms. The molecule has 2 fully saturated rings. The lowest BCUT2D eigenvalue weighted by molar-refractivity contribution is 0.326. The number of nitrogens with two attached hydrogens (primary N) is 1. The quantitative estimate of drug-likeness (QED) is 0.436. The van der Waals surface area contributed by atoms with Crippen LogP contribution < -0.4 is 11.1 Å². The smallest absolute Gasteiger partial charge is 0.188 e. The van der Waals surface area contributed by atoms with Crippen molar-refractivity contribution < 1.29 is 0 Å². The van der Waals surface area contributed by atoms with Crippen molar-refractivity contribution in [3.8, 4) is 0 Å². The third kappa shape index (κ3) is 4.37. The van der Waals surface area contributed by atoms with E-state index in [2.05, 4.69) is 48.4 Å². The molecule has 1 aromatic rings. The molecule has 0 amide bonds. The molecule has 3 rings (SSSR count). The van der Waals surface area contributed by atoms with E-state index in [0.717, 1.165) is 12.5 Å². The largest absolute Gasteiger partial charge is 0.370 e. The number of guanidine groups is 1. The van der Waals surface area contributed by atoms with Crippen LogP contribution in [0.5, 0.6) is 0 Å². The summed E-state index contributed by atoms with van der Waals surface area (Å²) in [4.78, 5) is 4.48. The second kappa shape index (κ2) is 7.66. The molecular weight excluding hydrogens is 385 g/mol. The Labute approximate surface area is 151 Å². The Balaban J connectivity index is 0.00000176. The monoisotopic (exact) mass is 413 g/mol. The molecule has 0 bridgehead atoms. The summed E-state index contributed by atoms with van der Waals surface area (Å²) in [5.41, 5.74) is 8.81. The van der Waals surface area contributed by atoms with Crippen LogP contribution in [0.1, 0.15) is 62.5 Å². The topological polar surface area (TPSA) is 50.4 Å². The molecule has 122 valence electrons. The SMILES string of the molecule is CC(C)c1ccc(C2CC2NC(N)=NCC2CCC2)cc1.I. The number of nitrogens with one attached hydrogen (secondary N) is 1. The van der Waals surface area contributed by atoms with Gasteiger partial charge >= 0.3 is 0 Å². The van der Waals surface area contributed by atoms with Gasteiger partial charge in [0.05, 0.1) is 0 Å². The first kappa shape index (κ1) is 17.6. The van der Waals surface area contributed by atoms with Crippen LogP contribution in [0, 0.1) is 5.92 Å². The number of nitrogens with zero attached hydrogens (tertiary/aromatic N) is 1. The van der Waals surface area contributed by atoms with Gasteiger partial charge in [0.2, 0.25) is 0 Å². The van der Waals surface area contributed by atoms with Gasteiger partial charge in [0.1, 0.15) is 0 Å². The highest BCUT2D eigenvalue weighted by Crippen LogP contribution is 2.41. The van der Waals surface area contributed by atoms with Gasteiger partial charge < -0.3 is 11.1 Å². The fourth-order valence-electron chi connectivity index (χ4n) is 2.99. The van der Waals surface area contributed by atoms with Gasteiger partial charge in [-0.2, -0.15) is 0 Å². The van der Waals surface area contributed by atoms with Gasteiger partial charge in [-0.05, 0) is 42.2 Å². The first-order valence-corrected chi connectivity index (χ1v) is 8.30. The standard InChI is InChI=1S/C18H27N3.HI/c1-12(2)14-6-8-15(9-7-14)16-10-17(16)21-18(19)20-11-13-4-3-5-13;/h6-9,12-13,16-17H,3-5,10-11H2,1-2H3,(H3,19,20,21);1H. The number of halogens is 1. The molecule has 0 radical (unpaired) electrons. The highest BCUT2D eigenvalue weighted by Gasteiger charge is 2.38. The third-order valence-electron chi connectivity index (χ3n) is 4.90. The van der Waals surface area contributed by atoms with Crippen molar-refractivity contribution in [3.05, 3.63) is 35.4 Å². The number of rotatable bonds is 5. The van der Waals surface area contributed by atoms with E-state index in [-0.39, 0.29) is 24.0 Å². The van der Waals surface area contributed by atoms with Crippen LogP contribution in [-0.4, -0.2) is 18.5 Å². The average Bonchev–Trinajstić information content (AvgIpc) is 3.16. The van der Waals surface area contributed by atoms with E-state index in [4.69, 9.17) is 5.73 Å². The lowest BCUT2D eigenvalue weighted by Crippen LogP contribution is -2.35. The van der Waals surface area contributed by atoms with Gasteiger partial charge in [0.25, 0.3) is 0 Å². The number of hydrogen-bond donors (Lipinski definition) is 2. The Morgan fingerprint density at radius 1 is 1.27 bits per heavy atom. The highest BCUT2D eigenvalue weighted by atomic mass is 127. The molecule has 4 heteroatoms. The zero-order valence-electron chi connectivity index (χ0n) is 13.6. The maximum absolute atomic E-state index is 5.98. The molecule has 2 unspecified atom stereocenters. The van der Waals surface area contributed by atoms with Crippen molar-refractivity contribution in [1.29, 1.82) is 0 Å². The molecule has 0 saturated heterocycles. The maximum atomic E-state index is 5.98. The molecule has 2 saturated carbocycles. The zero-order valence-corrected chi connectivity index (χ0v) is 15.9.